The zero-order valence-electron chi connectivity index (χ0n) is 7.94. The first-order chi connectivity index (χ1) is 7.11. The highest BCUT2D eigenvalue weighted by atomic mass is 32.2. The summed E-state index contributed by atoms with van der Waals surface area (Å²) in [5, 5.41) is 13.3. The second kappa shape index (κ2) is 5.35. The Morgan fingerprint density at radius 2 is 2.40 bits per heavy atom. The molecule has 80 valence electrons. The molecule has 1 aromatic rings. The first kappa shape index (κ1) is 11.5. The molecule has 1 rings (SSSR count). The molecular formula is C9H9FN2O2S. The van der Waals surface area contributed by atoms with E-state index in [1.54, 1.807) is 12.3 Å². The lowest BCUT2D eigenvalue weighted by Gasteiger charge is -2.05. The molecule has 0 atom stereocenters. The molecule has 0 aliphatic heterocycles. The summed E-state index contributed by atoms with van der Waals surface area (Å²) in [4.78, 5) is 9.67. The number of benzene rings is 1. The normalized spacial score (nSPS) is 11.2. The van der Waals surface area contributed by atoms with Gasteiger partial charge in [-0.05, 0) is 24.5 Å². The molecule has 0 amide bonds. The average molecular weight is 228 g/mol. The molecule has 0 aliphatic carbocycles. The van der Waals surface area contributed by atoms with Crippen molar-refractivity contribution in [2.45, 2.75) is 0 Å². The van der Waals surface area contributed by atoms with Crippen molar-refractivity contribution in [2.24, 2.45) is 0 Å². The number of nitro groups is 1. The van der Waals surface area contributed by atoms with E-state index in [9.17, 15) is 14.5 Å². The number of rotatable bonds is 4. The van der Waals surface area contributed by atoms with Gasteiger partial charge >= 0.3 is 0 Å². The molecule has 0 saturated heterocycles. The molecule has 15 heavy (non-hydrogen) atoms. The van der Waals surface area contributed by atoms with E-state index >= 15 is 0 Å². The summed E-state index contributed by atoms with van der Waals surface area (Å²) in [5.41, 5.74) is 0.484. The lowest BCUT2D eigenvalue weighted by atomic mass is 10.3. The minimum Gasteiger partial charge on any atom is -0.345 e. The van der Waals surface area contributed by atoms with Gasteiger partial charge in [0.2, 0.25) is 0 Å². The van der Waals surface area contributed by atoms with Crippen molar-refractivity contribution in [3.05, 3.63) is 51.4 Å². The summed E-state index contributed by atoms with van der Waals surface area (Å²) in [7, 11) is 0. The van der Waals surface area contributed by atoms with Gasteiger partial charge in [0, 0.05) is 5.69 Å². The highest BCUT2D eigenvalue weighted by Gasteiger charge is 2.02. The van der Waals surface area contributed by atoms with Gasteiger partial charge in [-0.25, -0.2) is 4.39 Å². The van der Waals surface area contributed by atoms with E-state index in [1.165, 1.54) is 30.0 Å². The zero-order chi connectivity index (χ0) is 11.3. The first-order valence-corrected chi connectivity index (χ1v) is 5.26. The molecule has 4 nitrogen and oxygen atoms in total. The molecule has 0 heterocycles. The van der Waals surface area contributed by atoms with Gasteiger partial charge in [0.15, 0.2) is 0 Å². The number of hydrogen-bond acceptors (Lipinski definition) is 4. The molecule has 0 fully saturated rings. The van der Waals surface area contributed by atoms with Crippen LogP contribution in [0.2, 0.25) is 0 Å². The third-order valence-electron chi connectivity index (χ3n) is 1.53. The Morgan fingerprint density at radius 3 is 2.93 bits per heavy atom. The van der Waals surface area contributed by atoms with E-state index in [0.717, 1.165) is 6.20 Å². The summed E-state index contributed by atoms with van der Waals surface area (Å²) in [6.07, 6.45) is 2.54. The maximum Gasteiger partial charge on any atom is 0.264 e. The maximum atomic E-state index is 12.8. The van der Waals surface area contributed by atoms with Crippen LogP contribution in [0, 0.1) is 15.9 Å². The van der Waals surface area contributed by atoms with Gasteiger partial charge in [-0.15, -0.1) is 11.8 Å². The predicted octanol–water partition coefficient (Wildman–Crippen LogP) is 2.68. The summed E-state index contributed by atoms with van der Waals surface area (Å²) >= 11 is 1.18. The Balaban J connectivity index is 2.80. The quantitative estimate of drug-likeness (QED) is 0.635. The smallest absolute Gasteiger partial charge is 0.264 e. The van der Waals surface area contributed by atoms with E-state index in [2.05, 4.69) is 5.32 Å². The van der Waals surface area contributed by atoms with E-state index in [0.29, 0.717) is 10.7 Å². The van der Waals surface area contributed by atoms with Gasteiger partial charge in [-0.1, -0.05) is 6.07 Å². The van der Waals surface area contributed by atoms with E-state index < -0.39 is 4.92 Å². The van der Waals surface area contributed by atoms with Gasteiger partial charge in [0.1, 0.15) is 10.8 Å². The number of nitrogens with one attached hydrogen (secondary N) is 1. The SMILES string of the molecule is CS/C(=C\[N+](=O)[O-])Nc1cccc(F)c1. The van der Waals surface area contributed by atoms with Crippen molar-refractivity contribution in [3.8, 4) is 0 Å². The van der Waals surface area contributed by atoms with Crippen LogP contribution in [0.4, 0.5) is 10.1 Å². The van der Waals surface area contributed by atoms with Gasteiger partial charge in [0.25, 0.3) is 6.20 Å². The molecule has 1 aromatic carbocycles. The highest BCUT2D eigenvalue weighted by Crippen LogP contribution is 2.17. The van der Waals surface area contributed by atoms with Crippen LogP contribution >= 0.6 is 11.8 Å². The second-order valence-electron chi connectivity index (χ2n) is 2.62. The molecule has 0 radical (unpaired) electrons. The Hall–Kier alpha value is -1.56. The molecule has 0 bridgehead atoms. The van der Waals surface area contributed by atoms with E-state index in [1.807, 2.05) is 0 Å². The zero-order valence-corrected chi connectivity index (χ0v) is 8.75. The molecular weight excluding hydrogens is 219 g/mol. The number of halogens is 1. The minimum absolute atomic E-state index is 0.352. The summed E-state index contributed by atoms with van der Waals surface area (Å²) < 4.78 is 12.8. The largest absolute Gasteiger partial charge is 0.345 e. The Kier molecular flexibility index (Phi) is 4.11. The Bertz CT molecular complexity index is 395. The number of anilines is 1. The topological polar surface area (TPSA) is 55.2 Å². The van der Waals surface area contributed by atoms with Crippen LogP contribution in [0.1, 0.15) is 0 Å². The molecule has 0 aliphatic rings. The second-order valence-corrected chi connectivity index (χ2v) is 3.47. The number of thioether (sulfide) groups is 1. The molecule has 0 spiro atoms. The third kappa shape index (κ3) is 3.99. The van der Waals surface area contributed by atoms with Gasteiger partial charge in [0.05, 0.1) is 4.92 Å². The molecule has 0 unspecified atom stereocenters. The average Bonchev–Trinajstić information content (AvgIpc) is 2.16. The van der Waals surface area contributed by atoms with Crippen molar-refractivity contribution in [1.29, 1.82) is 0 Å². The molecule has 0 aromatic heterocycles. The lowest BCUT2D eigenvalue weighted by molar-refractivity contribution is -0.402. The van der Waals surface area contributed by atoms with Crippen LogP contribution in [0.25, 0.3) is 0 Å². The highest BCUT2D eigenvalue weighted by molar-refractivity contribution is 8.02. The predicted molar refractivity (Wildman–Crippen MR) is 58.6 cm³/mol. The van der Waals surface area contributed by atoms with Crippen molar-refractivity contribution in [1.82, 2.24) is 0 Å². The molecule has 6 heteroatoms. The van der Waals surface area contributed by atoms with Crippen LogP contribution in [0.3, 0.4) is 0 Å². The van der Waals surface area contributed by atoms with E-state index in [-0.39, 0.29) is 5.82 Å². The van der Waals surface area contributed by atoms with Crippen molar-refractivity contribution in [3.63, 3.8) is 0 Å². The third-order valence-corrected chi connectivity index (χ3v) is 2.18. The van der Waals surface area contributed by atoms with Crippen molar-refractivity contribution in [2.75, 3.05) is 11.6 Å². The van der Waals surface area contributed by atoms with Crippen LogP contribution in [0.15, 0.2) is 35.5 Å². The fourth-order valence-electron chi connectivity index (χ4n) is 0.940. The monoisotopic (exact) mass is 228 g/mol. The van der Waals surface area contributed by atoms with Crippen LogP contribution in [0.5, 0.6) is 0 Å². The van der Waals surface area contributed by atoms with Crippen molar-refractivity contribution < 1.29 is 9.31 Å². The fourth-order valence-corrected chi connectivity index (χ4v) is 1.35. The van der Waals surface area contributed by atoms with E-state index in [4.69, 9.17) is 0 Å². The fraction of sp³-hybridized carbons (Fsp3) is 0.111. The standard InChI is InChI=1S/C9H9FN2O2S/c1-15-9(6-12(13)14)11-8-4-2-3-7(10)5-8/h2-6,11H,1H3/b9-6-. The van der Waals surface area contributed by atoms with Crippen LogP contribution < -0.4 is 5.32 Å². The molecule has 0 saturated carbocycles. The van der Waals surface area contributed by atoms with Crippen LogP contribution in [-0.2, 0) is 0 Å². The summed E-state index contributed by atoms with van der Waals surface area (Å²) in [5.74, 6) is -0.387. The van der Waals surface area contributed by atoms with Crippen molar-refractivity contribution >= 4 is 17.4 Å². The minimum atomic E-state index is -0.557. The lowest BCUT2D eigenvalue weighted by Crippen LogP contribution is -1.99. The van der Waals surface area contributed by atoms with Gasteiger partial charge in [-0.2, -0.15) is 0 Å². The first-order valence-electron chi connectivity index (χ1n) is 4.03. The molecule has 1 N–H and O–H groups in total. The van der Waals surface area contributed by atoms with Crippen LogP contribution in [-0.4, -0.2) is 11.2 Å². The van der Waals surface area contributed by atoms with Gasteiger partial charge in [-0.3, -0.25) is 10.1 Å². The number of nitrogens with zero attached hydrogens (tertiary/aromatic N) is 1. The van der Waals surface area contributed by atoms with Gasteiger partial charge < -0.3 is 5.32 Å². The number of hydrogen-bond donors (Lipinski definition) is 1. The Labute approximate surface area is 90.3 Å². The maximum absolute atomic E-state index is 12.8. The Morgan fingerprint density at radius 1 is 1.67 bits per heavy atom. The summed E-state index contributed by atoms with van der Waals surface area (Å²) in [6.45, 7) is 0. The summed E-state index contributed by atoms with van der Waals surface area (Å²) in [6, 6.07) is 5.74.